The predicted molar refractivity (Wildman–Crippen MR) is 235 cm³/mol. The van der Waals surface area contributed by atoms with Crippen molar-refractivity contribution in [1.82, 2.24) is 19.8 Å². The number of hydrogen-bond acceptors (Lipinski definition) is 7. The van der Waals surface area contributed by atoms with Crippen LogP contribution in [0.15, 0.2) is 114 Å². The van der Waals surface area contributed by atoms with Crippen molar-refractivity contribution in [2.24, 2.45) is 0 Å². The third kappa shape index (κ3) is 10.5. The van der Waals surface area contributed by atoms with E-state index in [4.69, 9.17) is 9.47 Å². The predicted octanol–water partition coefficient (Wildman–Crippen LogP) is 6.15. The number of para-hydroxylation sites is 2. The molecule has 0 radical (unpaired) electrons. The van der Waals surface area contributed by atoms with Gasteiger partial charge in [0.15, 0.2) is 0 Å². The van der Waals surface area contributed by atoms with Gasteiger partial charge >= 0.3 is 5.69 Å². The summed E-state index contributed by atoms with van der Waals surface area (Å²) in [5.41, 5.74) is -1.87. The summed E-state index contributed by atoms with van der Waals surface area (Å²) < 4.78 is 98.1. The van der Waals surface area contributed by atoms with Crippen molar-refractivity contribution in [1.29, 1.82) is 0 Å². The van der Waals surface area contributed by atoms with E-state index in [2.05, 4.69) is 10.6 Å². The van der Waals surface area contributed by atoms with Gasteiger partial charge in [-0.1, -0.05) is 12.1 Å². The number of nitrogens with one attached hydrogen (secondary N) is 2. The number of rotatable bonds is 19. The molecule has 1 heterocycles. The molecule has 2 N–H and O–H groups in total. The Hall–Kier alpha value is -7.57. The standard InChI is InChI=1S/C48H44F6N6O7/c1-66-37-11-7-35(8-12-37)57(17-15-49)45(63)40(21-29-19-31(51)24-32(52)20-29)55-43(61)27-59-41-5-3-4-6-42(41)60(47(59)65)28-44(62)56-48(26-39(48)30-22-33(53)25-34(54)23-30)46(64)58(18-16-50)36-9-13-38(67-2)14-10-36/h3-14,19-20,22-25,39-40H,15-18,21,26-28H2,1-2H3,(H,55,61)(H,56,62)/t39?,40-,48-/m0/s1. The van der Waals surface area contributed by atoms with E-state index in [-0.39, 0.29) is 40.0 Å². The Labute approximate surface area is 379 Å². The van der Waals surface area contributed by atoms with Gasteiger partial charge in [0.05, 0.1) is 38.3 Å². The van der Waals surface area contributed by atoms with Crippen molar-refractivity contribution >= 4 is 46.0 Å². The Morgan fingerprint density at radius 1 is 0.687 bits per heavy atom. The fraction of sp³-hybridized carbons (Fsp3) is 0.271. The number of aromatic nitrogens is 2. The van der Waals surface area contributed by atoms with Crippen LogP contribution in [0, 0.1) is 23.3 Å². The van der Waals surface area contributed by atoms with Gasteiger partial charge in [0, 0.05) is 35.8 Å². The Bertz CT molecular complexity index is 2820. The molecule has 1 aliphatic carbocycles. The second kappa shape index (κ2) is 20.3. The third-order valence-electron chi connectivity index (χ3n) is 11.4. The van der Waals surface area contributed by atoms with Crippen molar-refractivity contribution in [2.75, 3.05) is 50.5 Å². The van der Waals surface area contributed by atoms with Gasteiger partial charge in [0.25, 0.3) is 5.91 Å². The number of carbonyl (C=O) groups is 4. The number of amides is 4. The van der Waals surface area contributed by atoms with Crippen LogP contribution in [0.3, 0.4) is 0 Å². The van der Waals surface area contributed by atoms with E-state index in [1.807, 2.05) is 0 Å². The summed E-state index contributed by atoms with van der Waals surface area (Å²) in [7, 11) is 2.86. The molecule has 1 aromatic heterocycles. The van der Waals surface area contributed by atoms with Gasteiger partial charge in [-0.3, -0.25) is 28.3 Å². The van der Waals surface area contributed by atoms with Crippen LogP contribution >= 0.6 is 0 Å². The maximum atomic E-state index is 14.5. The highest BCUT2D eigenvalue weighted by Crippen LogP contribution is 2.53. The first-order valence-electron chi connectivity index (χ1n) is 20.9. The number of methoxy groups -OCH3 is 2. The van der Waals surface area contributed by atoms with Gasteiger partial charge < -0.3 is 29.9 Å². The lowest BCUT2D eigenvalue weighted by atomic mass is 10.0. The topological polar surface area (TPSA) is 144 Å². The number of carbonyl (C=O) groups excluding carboxylic acids is 4. The second-order valence-corrected chi connectivity index (χ2v) is 15.7. The lowest BCUT2D eigenvalue weighted by Gasteiger charge is -2.28. The monoisotopic (exact) mass is 930 g/mol. The van der Waals surface area contributed by atoms with Crippen molar-refractivity contribution in [3.05, 3.63) is 154 Å². The van der Waals surface area contributed by atoms with Gasteiger partial charge in [0.1, 0.15) is 72.8 Å². The summed E-state index contributed by atoms with van der Waals surface area (Å²) >= 11 is 0. The van der Waals surface area contributed by atoms with Gasteiger partial charge in [-0.2, -0.15) is 0 Å². The van der Waals surface area contributed by atoms with Crippen molar-refractivity contribution in [3.63, 3.8) is 0 Å². The normalized spacial score (nSPS) is 15.7. The molecule has 350 valence electrons. The summed E-state index contributed by atoms with van der Waals surface area (Å²) in [5.74, 6) is -7.28. The van der Waals surface area contributed by atoms with E-state index in [9.17, 15) is 50.3 Å². The lowest BCUT2D eigenvalue weighted by molar-refractivity contribution is -0.129. The number of halogens is 6. The van der Waals surface area contributed by atoms with Crippen molar-refractivity contribution in [3.8, 4) is 11.5 Å². The van der Waals surface area contributed by atoms with Gasteiger partial charge in [-0.15, -0.1) is 0 Å². The Balaban J connectivity index is 1.17. The molecule has 1 saturated carbocycles. The molecule has 0 spiro atoms. The summed E-state index contributed by atoms with van der Waals surface area (Å²) in [4.78, 5) is 73.1. The largest absolute Gasteiger partial charge is 0.497 e. The number of fused-ring (bicyclic) bond motifs is 1. The molecule has 7 rings (SSSR count). The number of ether oxygens (including phenoxy) is 2. The maximum absolute atomic E-state index is 14.5. The lowest BCUT2D eigenvalue weighted by Crippen LogP contribution is -2.53. The van der Waals surface area contributed by atoms with Crippen LogP contribution in [0.25, 0.3) is 11.0 Å². The van der Waals surface area contributed by atoms with Crippen LogP contribution < -0.4 is 35.6 Å². The van der Waals surface area contributed by atoms with Crippen molar-refractivity contribution < 1.29 is 55.0 Å². The van der Waals surface area contributed by atoms with Gasteiger partial charge in [-0.25, -0.2) is 31.1 Å². The zero-order valence-corrected chi connectivity index (χ0v) is 36.1. The van der Waals surface area contributed by atoms with Gasteiger partial charge in [-0.05, 0) is 102 Å². The van der Waals surface area contributed by atoms with E-state index in [1.54, 1.807) is 24.3 Å². The number of nitrogens with zero attached hydrogens (tertiary/aromatic N) is 4. The number of benzene rings is 5. The smallest absolute Gasteiger partial charge is 0.330 e. The van der Waals surface area contributed by atoms with E-state index >= 15 is 0 Å². The van der Waals surface area contributed by atoms with Crippen LogP contribution in [-0.4, -0.2) is 85.0 Å². The van der Waals surface area contributed by atoms with Gasteiger partial charge in [0.2, 0.25) is 17.7 Å². The first-order valence-corrected chi connectivity index (χ1v) is 20.9. The minimum Gasteiger partial charge on any atom is -0.497 e. The first-order chi connectivity index (χ1) is 32.2. The molecule has 0 aliphatic heterocycles. The van der Waals surface area contributed by atoms with E-state index in [0.29, 0.717) is 23.6 Å². The summed E-state index contributed by atoms with van der Waals surface area (Å²) in [6, 6.07) is 22.0. The quantitative estimate of drug-likeness (QED) is 0.0928. The van der Waals surface area contributed by atoms with Crippen molar-refractivity contribution in [2.45, 2.75) is 43.4 Å². The molecule has 13 nitrogen and oxygen atoms in total. The van der Waals surface area contributed by atoms with Crippen LogP contribution in [0.5, 0.6) is 11.5 Å². The molecule has 1 aliphatic rings. The highest BCUT2D eigenvalue weighted by Gasteiger charge is 2.63. The number of hydrogen-bond donors (Lipinski definition) is 2. The molecular formula is C48H44F6N6O7. The summed E-state index contributed by atoms with van der Waals surface area (Å²) in [6.45, 7) is -4.34. The minimum atomic E-state index is -1.84. The molecule has 6 aromatic rings. The third-order valence-corrected chi connectivity index (χ3v) is 11.4. The fourth-order valence-corrected chi connectivity index (χ4v) is 8.26. The number of alkyl halides is 2. The Kier molecular flexibility index (Phi) is 14.4. The molecule has 67 heavy (non-hydrogen) atoms. The minimum absolute atomic E-state index is 0.0145. The average Bonchev–Trinajstić information content (AvgIpc) is 3.98. The Morgan fingerprint density at radius 3 is 1.67 bits per heavy atom. The molecule has 0 saturated heterocycles. The molecule has 19 heteroatoms. The second-order valence-electron chi connectivity index (χ2n) is 15.7. The highest BCUT2D eigenvalue weighted by atomic mass is 19.2. The molecule has 1 fully saturated rings. The van der Waals surface area contributed by atoms with E-state index in [0.717, 1.165) is 43.2 Å². The first kappa shape index (κ1) is 47.4. The fourth-order valence-electron chi connectivity index (χ4n) is 8.26. The SMILES string of the molecule is COc1ccc(N(CCF)C(=O)[C@H](Cc2cc(F)cc(F)c2)NC(=O)Cn2c(=O)n(CC(=O)N[C@@]3(C(=O)N(CCF)c4ccc(OC)cc4)CC3c3cc(F)cc(F)c3)c3ccccc32)cc1. The van der Waals surface area contributed by atoms with Crippen LogP contribution in [-0.2, 0) is 38.7 Å². The number of anilines is 2. The molecular weight excluding hydrogens is 887 g/mol. The average molecular weight is 931 g/mol. The summed E-state index contributed by atoms with van der Waals surface area (Å²) in [5, 5.41) is 5.23. The summed E-state index contributed by atoms with van der Waals surface area (Å²) in [6.07, 6.45) is -0.584. The van der Waals surface area contributed by atoms with E-state index in [1.165, 1.54) is 62.8 Å². The van der Waals surface area contributed by atoms with Crippen LogP contribution in [0.4, 0.5) is 37.7 Å². The molecule has 0 bridgehead atoms. The zero-order chi connectivity index (χ0) is 48.0. The molecule has 3 atom stereocenters. The van der Waals surface area contributed by atoms with Crippen LogP contribution in [0.1, 0.15) is 23.5 Å². The maximum Gasteiger partial charge on any atom is 0.330 e. The molecule has 4 amide bonds. The molecule has 5 aromatic carbocycles. The Morgan fingerprint density at radius 2 is 1.16 bits per heavy atom. The zero-order valence-electron chi connectivity index (χ0n) is 36.1. The number of imidazole rings is 1. The molecule has 1 unspecified atom stereocenters. The van der Waals surface area contributed by atoms with Crippen LogP contribution in [0.2, 0.25) is 0 Å². The highest BCUT2D eigenvalue weighted by molar-refractivity contribution is 6.06. The van der Waals surface area contributed by atoms with E-state index < -0.39 is 116 Å².